The van der Waals surface area contributed by atoms with Crippen LogP contribution in [0.1, 0.15) is 36.0 Å². The molecule has 24 heavy (non-hydrogen) atoms. The zero-order valence-corrected chi connectivity index (χ0v) is 14.8. The van der Waals surface area contributed by atoms with Gasteiger partial charge in [-0.15, -0.1) is 0 Å². The minimum absolute atomic E-state index is 0.0922. The van der Waals surface area contributed by atoms with Gasteiger partial charge in [-0.2, -0.15) is 0 Å². The molecule has 5 nitrogen and oxygen atoms in total. The number of hydrogen-bond acceptors (Lipinski definition) is 3. The van der Waals surface area contributed by atoms with Gasteiger partial charge < -0.3 is 15.0 Å². The Bertz CT molecular complexity index is 632. The van der Waals surface area contributed by atoms with Gasteiger partial charge in [0.15, 0.2) is 0 Å². The standard InChI is InChI=1S/C17H20Cl2N2O3/c18-13-6-5-11(9-14(13)19)17(23)21-7-1-4-15(21)16(22)20-10-12-3-2-8-24-12/h5-6,9,12,15H,1-4,7-8,10H2,(H,20,22). The summed E-state index contributed by atoms with van der Waals surface area (Å²) in [4.78, 5) is 26.8. The first kappa shape index (κ1) is 17.5. The zero-order valence-electron chi connectivity index (χ0n) is 13.3. The van der Waals surface area contributed by atoms with Crippen molar-refractivity contribution in [2.24, 2.45) is 0 Å². The van der Waals surface area contributed by atoms with Crippen LogP contribution in [0.5, 0.6) is 0 Å². The molecule has 2 fully saturated rings. The van der Waals surface area contributed by atoms with Crippen molar-refractivity contribution in [3.05, 3.63) is 33.8 Å². The Labute approximate surface area is 151 Å². The number of nitrogens with one attached hydrogen (secondary N) is 1. The highest BCUT2D eigenvalue weighted by atomic mass is 35.5. The van der Waals surface area contributed by atoms with E-state index in [1.165, 1.54) is 0 Å². The van der Waals surface area contributed by atoms with Crippen molar-refractivity contribution in [1.29, 1.82) is 0 Å². The fraction of sp³-hybridized carbons (Fsp3) is 0.529. The summed E-state index contributed by atoms with van der Waals surface area (Å²) in [6.07, 6.45) is 3.58. The van der Waals surface area contributed by atoms with E-state index >= 15 is 0 Å². The monoisotopic (exact) mass is 370 g/mol. The summed E-state index contributed by atoms with van der Waals surface area (Å²) >= 11 is 11.9. The number of hydrogen-bond donors (Lipinski definition) is 1. The number of halogens is 2. The van der Waals surface area contributed by atoms with Gasteiger partial charge >= 0.3 is 0 Å². The van der Waals surface area contributed by atoms with Crippen LogP contribution in [-0.2, 0) is 9.53 Å². The Kier molecular flexibility index (Phi) is 5.64. The molecule has 0 bridgehead atoms. The molecule has 1 aromatic carbocycles. The van der Waals surface area contributed by atoms with Gasteiger partial charge in [-0.3, -0.25) is 9.59 Å². The quantitative estimate of drug-likeness (QED) is 0.886. The first-order valence-electron chi connectivity index (χ1n) is 8.21. The summed E-state index contributed by atoms with van der Waals surface area (Å²) in [5, 5.41) is 3.66. The SMILES string of the molecule is O=C(NCC1CCCO1)C1CCCN1C(=O)c1ccc(Cl)c(Cl)c1. The maximum absolute atomic E-state index is 12.7. The molecule has 3 rings (SSSR count). The molecule has 0 spiro atoms. The maximum Gasteiger partial charge on any atom is 0.254 e. The third kappa shape index (κ3) is 3.85. The average Bonchev–Trinajstić information content (AvgIpc) is 3.26. The lowest BCUT2D eigenvalue weighted by atomic mass is 10.1. The Balaban J connectivity index is 1.64. The van der Waals surface area contributed by atoms with Gasteiger partial charge in [0, 0.05) is 25.3 Å². The number of amides is 2. The smallest absolute Gasteiger partial charge is 0.254 e. The van der Waals surface area contributed by atoms with Gasteiger partial charge in [0.2, 0.25) is 5.91 Å². The van der Waals surface area contributed by atoms with E-state index in [9.17, 15) is 9.59 Å². The number of carbonyl (C=O) groups excluding carboxylic acids is 2. The maximum atomic E-state index is 12.7. The van der Waals surface area contributed by atoms with Crippen molar-refractivity contribution in [2.75, 3.05) is 19.7 Å². The third-order valence-electron chi connectivity index (χ3n) is 4.51. The lowest BCUT2D eigenvalue weighted by molar-refractivity contribution is -0.125. The van der Waals surface area contributed by atoms with Crippen LogP contribution in [0.25, 0.3) is 0 Å². The molecule has 1 aromatic rings. The molecule has 2 aliphatic heterocycles. The third-order valence-corrected chi connectivity index (χ3v) is 5.25. The van der Waals surface area contributed by atoms with Crippen LogP contribution in [0.15, 0.2) is 18.2 Å². The minimum atomic E-state index is -0.437. The Morgan fingerprint density at radius 3 is 2.75 bits per heavy atom. The second-order valence-corrected chi connectivity index (χ2v) is 6.98. The van der Waals surface area contributed by atoms with Crippen molar-refractivity contribution < 1.29 is 14.3 Å². The molecular formula is C17H20Cl2N2O3. The van der Waals surface area contributed by atoms with Crippen LogP contribution in [0.3, 0.4) is 0 Å². The highest BCUT2D eigenvalue weighted by Gasteiger charge is 2.35. The summed E-state index contributed by atoms with van der Waals surface area (Å²) in [5.41, 5.74) is 0.447. The first-order valence-corrected chi connectivity index (χ1v) is 8.97. The number of benzene rings is 1. The second-order valence-electron chi connectivity index (χ2n) is 6.17. The highest BCUT2D eigenvalue weighted by molar-refractivity contribution is 6.42. The number of ether oxygens (including phenoxy) is 1. The molecule has 2 amide bonds. The molecular weight excluding hydrogens is 351 g/mol. The van der Waals surface area contributed by atoms with E-state index in [2.05, 4.69) is 5.32 Å². The zero-order chi connectivity index (χ0) is 17.1. The molecule has 0 radical (unpaired) electrons. The van der Waals surface area contributed by atoms with E-state index in [4.69, 9.17) is 27.9 Å². The van der Waals surface area contributed by atoms with Crippen LogP contribution in [0.4, 0.5) is 0 Å². The summed E-state index contributed by atoms with van der Waals surface area (Å²) < 4.78 is 5.51. The lowest BCUT2D eigenvalue weighted by Gasteiger charge is -2.24. The predicted molar refractivity (Wildman–Crippen MR) is 92.5 cm³/mol. The molecule has 0 aromatic heterocycles. The molecule has 130 valence electrons. The second kappa shape index (κ2) is 7.72. The molecule has 2 aliphatic rings. The number of carbonyl (C=O) groups is 2. The molecule has 2 unspecified atom stereocenters. The highest BCUT2D eigenvalue weighted by Crippen LogP contribution is 2.26. The molecule has 2 atom stereocenters. The van der Waals surface area contributed by atoms with E-state index in [0.717, 1.165) is 25.9 Å². The summed E-state index contributed by atoms with van der Waals surface area (Å²) in [7, 11) is 0. The molecule has 2 saturated heterocycles. The summed E-state index contributed by atoms with van der Waals surface area (Å²) in [5.74, 6) is -0.306. The van der Waals surface area contributed by atoms with Crippen LogP contribution in [-0.4, -0.2) is 48.6 Å². The van der Waals surface area contributed by atoms with Gasteiger partial charge in [-0.25, -0.2) is 0 Å². The predicted octanol–water partition coefficient (Wildman–Crippen LogP) is 2.89. The number of likely N-dealkylation sites (tertiary alicyclic amines) is 1. The van der Waals surface area contributed by atoms with Gasteiger partial charge in [-0.05, 0) is 43.9 Å². The van der Waals surface area contributed by atoms with Crippen molar-refractivity contribution in [1.82, 2.24) is 10.2 Å². The largest absolute Gasteiger partial charge is 0.376 e. The van der Waals surface area contributed by atoms with E-state index in [1.54, 1.807) is 23.1 Å². The van der Waals surface area contributed by atoms with E-state index in [-0.39, 0.29) is 17.9 Å². The molecule has 7 heteroatoms. The summed E-state index contributed by atoms with van der Waals surface area (Å²) in [6, 6.07) is 4.34. The Hall–Kier alpha value is -1.30. The van der Waals surface area contributed by atoms with Crippen LogP contribution in [0.2, 0.25) is 10.0 Å². The average molecular weight is 371 g/mol. The fourth-order valence-corrected chi connectivity index (χ4v) is 3.51. The van der Waals surface area contributed by atoms with Crippen molar-refractivity contribution in [2.45, 2.75) is 37.8 Å². The molecule has 0 aliphatic carbocycles. The van der Waals surface area contributed by atoms with Crippen molar-refractivity contribution >= 4 is 35.0 Å². The van der Waals surface area contributed by atoms with E-state index < -0.39 is 6.04 Å². The van der Waals surface area contributed by atoms with Crippen LogP contribution < -0.4 is 5.32 Å². The number of nitrogens with zero attached hydrogens (tertiary/aromatic N) is 1. The normalized spacial score (nSPS) is 23.5. The topological polar surface area (TPSA) is 58.6 Å². The van der Waals surface area contributed by atoms with Gasteiger partial charge in [0.1, 0.15) is 6.04 Å². The molecule has 1 N–H and O–H groups in total. The number of rotatable bonds is 4. The minimum Gasteiger partial charge on any atom is -0.376 e. The summed E-state index contributed by atoms with van der Waals surface area (Å²) in [6.45, 7) is 1.83. The van der Waals surface area contributed by atoms with Gasteiger partial charge in [0.25, 0.3) is 5.91 Å². The Morgan fingerprint density at radius 2 is 2.04 bits per heavy atom. The fourth-order valence-electron chi connectivity index (χ4n) is 3.21. The van der Waals surface area contributed by atoms with Crippen molar-refractivity contribution in [3.8, 4) is 0 Å². The van der Waals surface area contributed by atoms with Crippen LogP contribution >= 0.6 is 23.2 Å². The molecule has 2 heterocycles. The van der Waals surface area contributed by atoms with Gasteiger partial charge in [-0.1, -0.05) is 23.2 Å². The van der Waals surface area contributed by atoms with Crippen LogP contribution in [0, 0.1) is 0 Å². The van der Waals surface area contributed by atoms with E-state index in [0.29, 0.717) is 35.1 Å². The van der Waals surface area contributed by atoms with Crippen molar-refractivity contribution in [3.63, 3.8) is 0 Å². The van der Waals surface area contributed by atoms with Gasteiger partial charge in [0.05, 0.1) is 16.1 Å². The first-order chi connectivity index (χ1) is 11.6. The Morgan fingerprint density at radius 1 is 1.21 bits per heavy atom. The van der Waals surface area contributed by atoms with E-state index in [1.807, 2.05) is 0 Å². The lowest BCUT2D eigenvalue weighted by Crippen LogP contribution is -2.47. The molecule has 0 saturated carbocycles.